The standard InChI is InChI=1S/C28H33N5O7/c1-18-26(36)32-22(16-20-11-6-3-7-12-20)27(37)31(17-24(32)33(40-18)28(38)39)21(15-19-9-4-2-5-10-19)25(35)30-14-8-13-23(29)34/h2-7,9-12,18,21-22,24H,8,13-17H2,1H3,(H2,29,34)(H,30,35)(H,38,39)/t18-,21+,22+,24?/m1/s1. The Balaban J connectivity index is 1.71. The fraction of sp³-hybridized carbons (Fsp3) is 0.393. The van der Waals surface area contributed by atoms with E-state index in [1.165, 1.54) is 16.7 Å². The maximum atomic E-state index is 14.2. The van der Waals surface area contributed by atoms with E-state index in [1.807, 2.05) is 60.7 Å². The second-order valence-electron chi connectivity index (χ2n) is 9.84. The van der Waals surface area contributed by atoms with Crippen molar-refractivity contribution in [3.05, 3.63) is 71.8 Å². The molecule has 2 saturated heterocycles. The van der Waals surface area contributed by atoms with Gasteiger partial charge in [-0.1, -0.05) is 60.7 Å². The number of benzene rings is 2. The van der Waals surface area contributed by atoms with Crippen LogP contribution >= 0.6 is 0 Å². The van der Waals surface area contributed by atoms with Crippen LogP contribution in [0, 0.1) is 0 Å². The van der Waals surface area contributed by atoms with Crippen LogP contribution in [0.25, 0.3) is 0 Å². The number of nitrogens with two attached hydrogens (primary N) is 1. The number of nitrogens with zero attached hydrogens (tertiary/aromatic N) is 3. The third kappa shape index (κ3) is 6.40. The van der Waals surface area contributed by atoms with Gasteiger partial charge in [-0.05, 0) is 24.5 Å². The molecule has 0 spiro atoms. The highest BCUT2D eigenvalue weighted by atomic mass is 16.7. The maximum Gasteiger partial charge on any atom is 0.433 e. The van der Waals surface area contributed by atoms with E-state index in [4.69, 9.17) is 10.6 Å². The first kappa shape index (κ1) is 28.6. The molecule has 0 saturated carbocycles. The Morgan fingerprint density at radius 3 is 2.25 bits per heavy atom. The monoisotopic (exact) mass is 551 g/mol. The van der Waals surface area contributed by atoms with Gasteiger partial charge in [0.25, 0.3) is 5.91 Å². The number of rotatable bonds is 10. The molecule has 1 unspecified atom stereocenters. The highest BCUT2D eigenvalue weighted by Gasteiger charge is 2.53. The predicted molar refractivity (Wildman–Crippen MR) is 142 cm³/mol. The van der Waals surface area contributed by atoms with Gasteiger partial charge in [-0.25, -0.2) is 4.79 Å². The predicted octanol–water partition coefficient (Wildman–Crippen LogP) is 0.901. The SMILES string of the molecule is C[C@H]1ON(C(=O)O)C2CN([C@@H](Cc3ccccc3)C(=O)NCCCC(N)=O)C(=O)[C@H](Cc3ccccc3)N2C1=O. The van der Waals surface area contributed by atoms with Gasteiger partial charge in [-0.3, -0.25) is 24.0 Å². The van der Waals surface area contributed by atoms with Gasteiger partial charge in [0.15, 0.2) is 12.3 Å². The van der Waals surface area contributed by atoms with E-state index < -0.39 is 54.1 Å². The average molecular weight is 552 g/mol. The molecule has 0 aromatic heterocycles. The fourth-order valence-electron chi connectivity index (χ4n) is 5.11. The summed E-state index contributed by atoms with van der Waals surface area (Å²) in [6.07, 6.45) is -3.00. The Morgan fingerprint density at radius 2 is 1.65 bits per heavy atom. The second kappa shape index (κ2) is 12.6. The average Bonchev–Trinajstić information content (AvgIpc) is 2.94. The minimum Gasteiger partial charge on any atom is -0.463 e. The lowest BCUT2D eigenvalue weighted by Crippen LogP contribution is -2.75. The van der Waals surface area contributed by atoms with Crippen molar-refractivity contribution in [1.82, 2.24) is 20.2 Å². The molecule has 12 heteroatoms. The lowest BCUT2D eigenvalue weighted by atomic mass is 9.95. The quantitative estimate of drug-likeness (QED) is 0.370. The molecule has 2 aliphatic rings. The minimum atomic E-state index is -1.42. The highest BCUT2D eigenvalue weighted by Crippen LogP contribution is 2.30. The summed E-state index contributed by atoms with van der Waals surface area (Å²) in [5, 5.41) is 13.4. The highest BCUT2D eigenvalue weighted by molar-refractivity contribution is 5.95. The molecule has 2 aromatic carbocycles. The van der Waals surface area contributed by atoms with E-state index in [2.05, 4.69) is 5.32 Å². The summed E-state index contributed by atoms with van der Waals surface area (Å²) in [6, 6.07) is 16.1. The number of piperazine rings is 1. The van der Waals surface area contributed by atoms with Crippen molar-refractivity contribution in [3.63, 3.8) is 0 Å². The van der Waals surface area contributed by atoms with Crippen LogP contribution in [0.15, 0.2) is 60.7 Å². The van der Waals surface area contributed by atoms with Crippen molar-refractivity contribution in [3.8, 4) is 0 Å². The summed E-state index contributed by atoms with van der Waals surface area (Å²) in [4.78, 5) is 72.3. The van der Waals surface area contributed by atoms with Crippen LogP contribution in [-0.2, 0) is 36.9 Å². The van der Waals surface area contributed by atoms with Crippen molar-refractivity contribution < 1.29 is 33.9 Å². The summed E-state index contributed by atoms with van der Waals surface area (Å²) < 4.78 is 0. The zero-order valence-electron chi connectivity index (χ0n) is 22.1. The van der Waals surface area contributed by atoms with E-state index >= 15 is 0 Å². The van der Waals surface area contributed by atoms with Crippen molar-refractivity contribution in [2.75, 3.05) is 13.1 Å². The van der Waals surface area contributed by atoms with E-state index in [1.54, 1.807) is 0 Å². The molecule has 4 rings (SSSR count). The van der Waals surface area contributed by atoms with Gasteiger partial charge < -0.3 is 26.0 Å². The molecule has 12 nitrogen and oxygen atoms in total. The summed E-state index contributed by atoms with van der Waals surface area (Å²) in [5.74, 6) is -1.94. The number of carbonyl (C=O) groups is 5. The number of hydrogen-bond donors (Lipinski definition) is 3. The lowest BCUT2D eigenvalue weighted by molar-refractivity contribution is -0.262. The molecule has 4 N–H and O–H groups in total. The third-order valence-corrected chi connectivity index (χ3v) is 7.04. The molecule has 2 aromatic rings. The number of carboxylic acid groups (broad SMARTS) is 1. The molecule has 2 fully saturated rings. The molecule has 5 amide bonds. The summed E-state index contributed by atoms with van der Waals surface area (Å²) in [6.45, 7) is 1.34. The topological polar surface area (TPSA) is 163 Å². The molecule has 0 aliphatic carbocycles. The normalized spacial score (nSPS) is 21.5. The van der Waals surface area contributed by atoms with Gasteiger partial charge in [-0.2, -0.15) is 5.06 Å². The number of fused-ring (bicyclic) bond motifs is 1. The molecule has 0 radical (unpaired) electrons. The van der Waals surface area contributed by atoms with Crippen molar-refractivity contribution in [2.45, 2.75) is 57.0 Å². The molecule has 40 heavy (non-hydrogen) atoms. The van der Waals surface area contributed by atoms with Crippen LogP contribution in [0.5, 0.6) is 0 Å². The molecule has 212 valence electrons. The van der Waals surface area contributed by atoms with Crippen LogP contribution in [0.4, 0.5) is 4.79 Å². The largest absolute Gasteiger partial charge is 0.463 e. The van der Waals surface area contributed by atoms with Gasteiger partial charge >= 0.3 is 6.09 Å². The molecular weight excluding hydrogens is 518 g/mol. The van der Waals surface area contributed by atoms with Crippen LogP contribution in [0.1, 0.15) is 30.9 Å². The Hall–Kier alpha value is -4.45. The van der Waals surface area contributed by atoms with Crippen LogP contribution in [0.3, 0.4) is 0 Å². The molecule has 2 heterocycles. The Bertz CT molecular complexity index is 1240. The van der Waals surface area contributed by atoms with Crippen LogP contribution in [0.2, 0.25) is 0 Å². The van der Waals surface area contributed by atoms with E-state index in [9.17, 15) is 29.1 Å². The summed E-state index contributed by atoms with van der Waals surface area (Å²) in [7, 11) is 0. The summed E-state index contributed by atoms with van der Waals surface area (Å²) >= 11 is 0. The number of carbonyl (C=O) groups excluding carboxylic acids is 4. The molecule has 0 bridgehead atoms. The fourth-order valence-corrected chi connectivity index (χ4v) is 5.11. The van der Waals surface area contributed by atoms with Gasteiger partial charge in [-0.15, -0.1) is 0 Å². The number of amides is 5. The van der Waals surface area contributed by atoms with Gasteiger partial charge in [0.05, 0.1) is 6.54 Å². The second-order valence-corrected chi connectivity index (χ2v) is 9.84. The summed E-state index contributed by atoms with van der Waals surface area (Å²) in [5.41, 5.74) is 6.76. The number of primary amides is 1. The first-order valence-corrected chi connectivity index (χ1v) is 13.1. The lowest BCUT2D eigenvalue weighted by Gasteiger charge is -2.53. The van der Waals surface area contributed by atoms with Gasteiger partial charge in [0.1, 0.15) is 12.1 Å². The number of hydrogen-bond acceptors (Lipinski definition) is 6. The van der Waals surface area contributed by atoms with Crippen LogP contribution in [-0.4, -0.2) is 87.1 Å². The zero-order chi connectivity index (χ0) is 28.8. The first-order valence-electron chi connectivity index (χ1n) is 13.1. The van der Waals surface area contributed by atoms with Crippen molar-refractivity contribution >= 4 is 29.7 Å². The van der Waals surface area contributed by atoms with Gasteiger partial charge in [0, 0.05) is 25.8 Å². The Morgan fingerprint density at radius 1 is 1.02 bits per heavy atom. The molecular formula is C28H33N5O7. The minimum absolute atomic E-state index is 0.0909. The van der Waals surface area contributed by atoms with E-state index in [0.29, 0.717) is 11.5 Å². The van der Waals surface area contributed by atoms with E-state index in [-0.39, 0.29) is 32.4 Å². The Kier molecular flexibility index (Phi) is 9.00. The van der Waals surface area contributed by atoms with Gasteiger partial charge in [0.2, 0.25) is 17.7 Å². The zero-order valence-corrected chi connectivity index (χ0v) is 22.1. The first-order chi connectivity index (χ1) is 19.2. The Labute approximate surface area is 231 Å². The number of nitrogens with one attached hydrogen (secondary N) is 1. The molecule has 4 atom stereocenters. The molecule has 2 aliphatic heterocycles. The van der Waals surface area contributed by atoms with Crippen molar-refractivity contribution in [1.29, 1.82) is 0 Å². The number of hydroxylamine groups is 2. The maximum absolute atomic E-state index is 14.2. The van der Waals surface area contributed by atoms with Crippen molar-refractivity contribution in [2.24, 2.45) is 5.73 Å². The smallest absolute Gasteiger partial charge is 0.433 e. The van der Waals surface area contributed by atoms with Crippen LogP contribution < -0.4 is 11.1 Å². The third-order valence-electron chi connectivity index (χ3n) is 7.04. The van der Waals surface area contributed by atoms with E-state index in [0.717, 1.165) is 11.1 Å².